The molecule has 0 nitrogen and oxygen atoms in total. The lowest BCUT2D eigenvalue weighted by Gasteiger charge is -2.28. The SMILES string of the molecule is CC1=CC2C(=C1CC1C(C)=Cc3ccccc31)C=CC1=C2CCCC1. The van der Waals surface area contributed by atoms with Crippen molar-refractivity contribution in [3.05, 3.63) is 87.1 Å². The molecule has 4 aliphatic carbocycles. The highest BCUT2D eigenvalue weighted by molar-refractivity contribution is 5.67. The molecule has 126 valence electrons. The second kappa shape index (κ2) is 5.73. The van der Waals surface area contributed by atoms with E-state index in [2.05, 4.69) is 62.4 Å². The van der Waals surface area contributed by atoms with Crippen molar-refractivity contribution in [2.75, 3.05) is 0 Å². The first kappa shape index (κ1) is 15.2. The molecule has 0 heteroatoms. The molecule has 0 aromatic heterocycles. The molecule has 1 aromatic rings. The Kier molecular flexibility index (Phi) is 3.48. The predicted octanol–water partition coefficient (Wildman–Crippen LogP) is 6.89. The summed E-state index contributed by atoms with van der Waals surface area (Å²) in [6.45, 7) is 4.64. The Balaban J connectivity index is 1.52. The van der Waals surface area contributed by atoms with Crippen molar-refractivity contribution >= 4 is 6.08 Å². The van der Waals surface area contributed by atoms with Gasteiger partial charge in [0.05, 0.1) is 0 Å². The molecule has 0 fully saturated rings. The van der Waals surface area contributed by atoms with Crippen LogP contribution in [0.15, 0.2) is 75.9 Å². The Morgan fingerprint density at radius 3 is 2.76 bits per heavy atom. The van der Waals surface area contributed by atoms with Crippen molar-refractivity contribution in [2.45, 2.75) is 51.9 Å². The van der Waals surface area contributed by atoms with Gasteiger partial charge in [0, 0.05) is 11.8 Å². The minimum atomic E-state index is 0.552. The lowest BCUT2D eigenvalue weighted by Crippen LogP contribution is -2.12. The molecule has 2 unspecified atom stereocenters. The van der Waals surface area contributed by atoms with Crippen LogP contribution in [0.1, 0.15) is 63.0 Å². The summed E-state index contributed by atoms with van der Waals surface area (Å²) in [5, 5.41) is 0. The molecular weight excluding hydrogens is 300 g/mol. The normalized spacial score (nSPS) is 27.1. The molecule has 0 radical (unpaired) electrons. The van der Waals surface area contributed by atoms with E-state index >= 15 is 0 Å². The van der Waals surface area contributed by atoms with Crippen molar-refractivity contribution in [3.63, 3.8) is 0 Å². The molecular formula is C25H26. The van der Waals surface area contributed by atoms with Gasteiger partial charge in [-0.15, -0.1) is 0 Å². The van der Waals surface area contributed by atoms with Crippen LogP contribution in [0.3, 0.4) is 0 Å². The van der Waals surface area contributed by atoms with Crippen LogP contribution in [0.4, 0.5) is 0 Å². The molecule has 4 aliphatic rings. The van der Waals surface area contributed by atoms with Crippen LogP contribution in [-0.2, 0) is 0 Å². The maximum atomic E-state index is 2.55. The number of hydrogen-bond acceptors (Lipinski definition) is 0. The van der Waals surface area contributed by atoms with Crippen LogP contribution >= 0.6 is 0 Å². The Morgan fingerprint density at radius 1 is 1.00 bits per heavy atom. The molecule has 0 heterocycles. The summed E-state index contributed by atoms with van der Waals surface area (Å²) in [5.41, 5.74) is 12.5. The van der Waals surface area contributed by atoms with Gasteiger partial charge in [0.25, 0.3) is 0 Å². The van der Waals surface area contributed by atoms with Gasteiger partial charge >= 0.3 is 0 Å². The third-order valence-electron chi connectivity index (χ3n) is 6.68. The number of benzene rings is 1. The Bertz CT molecular complexity index is 898. The van der Waals surface area contributed by atoms with E-state index in [1.807, 2.05) is 0 Å². The standard InChI is InChI=1S/C25H26/c1-16-13-19-8-4-6-10-21(19)23(16)15-24-17(2)14-25-20-9-5-3-7-18(20)11-12-22(24)25/h4,6,8,10-14,23,25H,3,5,7,9,15H2,1-2H3. The molecule has 1 aromatic carbocycles. The van der Waals surface area contributed by atoms with Crippen molar-refractivity contribution < 1.29 is 0 Å². The molecule has 0 bridgehead atoms. The second-order valence-electron chi connectivity index (χ2n) is 8.13. The van der Waals surface area contributed by atoms with Crippen LogP contribution in [0.2, 0.25) is 0 Å². The van der Waals surface area contributed by atoms with E-state index in [0.29, 0.717) is 11.8 Å². The molecule has 2 atom stereocenters. The van der Waals surface area contributed by atoms with Gasteiger partial charge in [0.2, 0.25) is 0 Å². The zero-order chi connectivity index (χ0) is 17.0. The first-order valence-electron chi connectivity index (χ1n) is 9.81. The van der Waals surface area contributed by atoms with Crippen molar-refractivity contribution in [3.8, 4) is 0 Å². The van der Waals surface area contributed by atoms with E-state index in [0.717, 1.165) is 6.42 Å². The molecule has 25 heavy (non-hydrogen) atoms. The maximum Gasteiger partial charge on any atom is 0.0242 e. The van der Waals surface area contributed by atoms with Gasteiger partial charge in [0.15, 0.2) is 0 Å². The molecule has 0 saturated heterocycles. The summed E-state index contributed by atoms with van der Waals surface area (Å²) in [7, 11) is 0. The average molecular weight is 326 g/mol. The fraction of sp³-hybridized carbons (Fsp3) is 0.360. The van der Waals surface area contributed by atoms with Crippen LogP contribution in [-0.4, -0.2) is 0 Å². The average Bonchev–Trinajstić information content (AvgIpc) is 3.12. The smallest absolute Gasteiger partial charge is 0.0242 e. The maximum absolute atomic E-state index is 2.55. The fourth-order valence-corrected chi connectivity index (χ4v) is 5.34. The largest absolute Gasteiger partial charge is 0.0697 e. The summed E-state index contributed by atoms with van der Waals surface area (Å²) in [6, 6.07) is 8.93. The second-order valence-corrected chi connectivity index (χ2v) is 8.13. The van der Waals surface area contributed by atoms with Gasteiger partial charge in [-0.2, -0.15) is 0 Å². The van der Waals surface area contributed by atoms with Crippen LogP contribution < -0.4 is 0 Å². The van der Waals surface area contributed by atoms with E-state index < -0.39 is 0 Å². The van der Waals surface area contributed by atoms with Gasteiger partial charge in [-0.05, 0) is 73.8 Å². The molecule has 0 aliphatic heterocycles. The summed E-state index contributed by atoms with van der Waals surface area (Å²) < 4.78 is 0. The zero-order valence-electron chi connectivity index (χ0n) is 15.3. The molecule has 0 N–H and O–H groups in total. The Morgan fingerprint density at radius 2 is 1.84 bits per heavy atom. The number of allylic oxidation sites excluding steroid dienone is 9. The zero-order valence-corrected chi connectivity index (χ0v) is 15.3. The number of rotatable bonds is 2. The lowest BCUT2D eigenvalue weighted by molar-refractivity contribution is 0.637. The van der Waals surface area contributed by atoms with E-state index in [1.165, 1.54) is 48.0 Å². The van der Waals surface area contributed by atoms with Gasteiger partial charge in [0.1, 0.15) is 0 Å². The first-order chi connectivity index (χ1) is 12.2. The highest BCUT2D eigenvalue weighted by Crippen LogP contribution is 2.49. The van der Waals surface area contributed by atoms with Crippen molar-refractivity contribution in [1.82, 2.24) is 0 Å². The molecule has 0 amide bonds. The highest BCUT2D eigenvalue weighted by Gasteiger charge is 2.32. The summed E-state index contributed by atoms with van der Waals surface area (Å²) in [5.74, 6) is 1.13. The van der Waals surface area contributed by atoms with Gasteiger partial charge in [-0.1, -0.05) is 65.3 Å². The lowest BCUT2D eigenvalue weighted by atomic mass is 9.77. The topological polar surface area (TPSA) is 0 Å². The summed E-state index contributed by atoms with van der Waals surface area (Å²) in [4.78, 5) is 0. The minimum Gasteiger partial charge on any atom is -0.0697 e. The third kappa shape index (κ3) is 2.34. The van der Waals surface area contributed by atoms with Crippen molar-refractivity contribution in [1.29, 1.82) is 0 Å². The Labute approximate surface area is 151 Å². The van der Waals surface area contributed by atoms with E-state index in [1.54, 1.807) is 22.3 Å². The van der Waals surface area contributed by atoms with E-state index in [-0.39, 0.29) is 0 Å². The summed E-state index contributed by atoms with van der Waals surface area (Å²) in [6.07, 6.45) is 16.3. The van der Waals surface area contributed by atoms with Crippen LogP contribution in [0, 0.1) is 5.92 Å². The fourth-order valence-electron chi connectivity index (χ4n) is 5.34. The first-order valence-corrected chi connectivity index (χ1v) is 9.81. The van der Waals surface area contributed by atoms with E-state index in [9.17, 15) is 0 Å². The monoisotopic (exact) mass is 326 g/mol. The molecule has 0 spiro atoms. The number of fused-ring (bicyclic) bond motifs is 3. The molecule has 0 saturated carbocycles. The third-order valence-corrected chi connectivity index (χ3v) is 6.68. The van der Waals surface area contributed by atoms with Crippen molar-refractivity contribution in [2.24, 2.45) is 5.92 Å². The van der Waals surface area contributed by atoms with Gasteiger partial charge in [-0.3, -0.25) is 0 Å². The Hall–Kier alpha value is -2.08. The predicted molar refractivity (Wildman–Crippen MR) is 106 cm³/mol. The van der Waals surface area contributed by atoms with Crippen LogP contribution in [0.25, 0.3) is 6.08 Å². The summed E-state index contributed by atoms with van der Waals surface area (Å²) >= 11 is 0. The quantitative estimate of drug-likeness (QED) is 0.555. The highest BCUT2D eigenvalue weighted by atomic mass is 14.4. The van der Waals surface area contributed by atoms with Crippen LogP contribution in [0.5, 0.6) is 0 Å². The minimum absolute atomic E-state index is 0.552. The van der Waals surface area contributed by atoms with E-state index in [4.69, 9.17) is 0 Å². The molecule has 5 rings (SSSR count). The number of hydrogen-bond donors (Lipinski definition) is 0. The van der Waals surface area contributed by atoms with Gasteiger partial charge < -0.3 is 0 Å². The van der Waals surface area contributed by atoms with Gasteiger partial charge in [-0.25, -0.2) is 0 Å².